The summed E-state index contributed by atoms with van der Waals surface area (Å²) in [7, 11) is 0. The summed E-state index contributed by atoms with van der Waals surface area (Å²) in [5.74, 6) is 0.959. The molecule has 0 amide bonds. The highest BCUT2D eigenvalue weighted by Crippen LogP contribution is 2.38. The maximum Gasteiger partial charge on any atom is 0.353 e. The van der Waals surface area contributed by atoms with Crippen LogP contribution in [-0.2, 0) is 0 Å². The lowest BCUT2D eigenvalue weighted by Gasteiger charge is -2.05. The summed E-state index contributed by atoms with van der Waals surface area (Å²) in [6.07, 6.45) is 3.77. The van der Waals surface area contributed by atoms with Gasteiger partial charge in [0.25, 0.3) is 0 Å². The number of hydrogen-bond acceptors (Lipinski definition) is 4. The van der Waals surface area contributed by atoms with E-state index in [-0.39, 0.29) is 5.82 Å². The second-order valence-corrected chi connectivity index (χ2v) is 7.40. The van der Waals surface area contributed by atoms with E-state index in [1.54, 1.807) is 36.5 Å². The van der Waals surface area contributed by atoms with Crippen LogP contribution in [-0.4, -0.2) is 14.5 Å². The maximum absolute atomic E-state index is 13.4. The zero-order chi connectivity index (χ0) is 20.0. The molecule has 0 unspecified atom stereocenters. The first kappa shape index (κ1) is 17.8. The SMILES string of the molecule is O=c1nc(C2CC2)ccn1-c1nc(-c2cccc(Cl)c2)oc1-c1ccc(F)cc1. The number of benzene rings is 2. The Balaban J connectivity index is 1.68. The van der Waals surface area contributed by atoms with Crippen molar-refractivity contribution < 1.29 is 8.81 Å². The van der Waals surface area contributed by atoms with Gasteiger partial charge in [0.15, 0.2) is 11.6 Å². The molecule has 1 saturated carbocycles. The van der Waals surface area contributed by atoms with Crippen molar-refractivity contribution in [2.24, 2.45) is 0 Å². The molecule has 2 aromatic heterocycles. The van der Waals surface area contributed by atoms with Crippen LogP contribution in [0.5, 0.6) is 0 Å². The van der Waals surface area contributed by atoms with Crippen molar-refractivity contribution in [3.8, 4) is 28.6 Å². The Morgan fingerprint density at radius 2 is 1.83 bits per heavy atom. The molecule has 0 N–H and O–H groups in total. The zero-order valence-corrected chi connectivity index (χ0v) is 15.9. The molecule has 1 aliphatic carbocycles. The van der Waals surface area contributed by atoms with Crippen molar-refractivity contribution >= 4 is 11.6 Å². The van der Waals surface area contributed by atoms with Gasteiger partial charge in [-0.25, -0.2) is 13.8 Å². The fourth-order valence-electron chi connectivity index (χ4n) is 3.19. The van der Waals surface area contributed by atoms with Crippen LogP contribution >= 0.6 is 11.6 Å². The Kier molecular flexibility index (Phi) is 4.28. The van der Waals surface area contributed by atoms with Crippen LogP contribution < -0.4 is 5.69 Å². The predicted molar refractivity (Wildman–Crippen MR) is 108 cm³/mol. The number of rotatable bonds is 4. The summed E-state index contributed by atoms with van der Waals surface area (Å²) in [4.78, 5) is 21.4. The minimum absolute atomic E-state index is 0.298. The van der Waals surface area contributed by atoms with Gasteiger partial charge in [-0.1, -0.05) is 17.7 Å². The van der Waals surface area contributed by atoms with Crippen LogP contribution in [0.2, 0.25) is 5.02 Å². The highest BCUT2D eigenvalue weighted by atomic mass is 35.5. The van der Waals surface area contributed by atoms with Gasteiger partial charge in [0, 0.05) is 28.3 Å². The van der Waals surface area contributed by atoms with Crippen LogP contribution in [0.4, 0.5) is 4.39 Å². The fourth-order valence-corrected chi connectivity index (χ4v) is 3.38. The molecule has 7 heteroatoms. The number of oxazole rings is 1. The molecule has 1 aliphatic rings. The molecule has 0 saturated heterocycles. The molecule has 5 rings (SSSR count). The van der Waals surface area contributed by atoms with Gasteiger partial charge in [-0.15, -0.1) is 0 Å². The van der Waals surface area contributed by atoms with Gasteiger partial charge in [0.1, 0.15) is 5.82 Å². The summed E-state index contributed by atoms with van der Waals surface area (Å²) in [6, 6.07) is 14.7. The number of nitrogens with zero attached hydrogens (tertiary/aromatic N) is 3. The van der Waals surface area contributed by atoms with Crippen LogP contribution in [0.25, 0.3) is 28.6 Å². The van der Waals surface area contributed by atoms with Crippen molar-refractivity contribution in [2.45, 2.75) is 18.8 Å². The number of halogens is 2. The number of aromatic nitrogens is 3. The average Bonchev–Trinajstić information content (AvgIpc) is 3.48. The Labute approximate surface area is 170 Å². The summed E-state index contributed by atoms with van der Waals surface area (Å²) >= 11 is 6.09. The summed E-state index contributed by atoms with van der Waals surface area (Å²) < 4.78 is 20.8. The van der Waals surface area contributed by atoms with Crippen LogP contribution in [0.3, 0.4) is 0 Å². The Morgan fingerprint density at radius 1 is 1.03 bits per heavy atom. The van der Waals surface area contributed by atoms with Gasteiger partial charge in [0.05, 0.1) is 5.69 Å². The first-order chi connectivity index (χ1) is 14.1. The third kappa shape index (κ3) is 3.47. The first-order valence-corrected chi connectivity index (χ1v) is 9.59. The van der Waals surface area contributed by atoms with E-state index in [2.05, 4.69) is 9.97 Å². The molecule has 0 radical (unpaired) electrons. The minimum atomic E-state index is -0.427. The fraction of sp³-hybridized carbons (Fsp3) is 0.136. The van der Waals surface area contributed by atoms with Gasteiger partial charge in [-0.2, -0.15) is 9.97 Å². The molecule has 0 aliphatic heterocycles. The van der Waals surface area contributed by atoms with Crippen LogP contribution in [0, 0.1) is 5.82 Å². The first-order valence-electron chi connectivity index (χ1n) is 9.21. The van der Waals surface area contributed by atoms with E-state index in [1.807, 2.05) is 12.1 Å². The second-order valence-electron chi connectivity index (χ2n) is 6.97. The smallest absolute Gasteiger partial charge is 0.353 e. The largest absolute Gasteiger partial charge is 0.434 e. The lowest BCUT2D eigenvalue weighted by molar-refractivity contribution is 0.587. The lowest BCUT2D eigenvalue weighted by atomic mass is 10.1. The molecule has 1 fully saturated rings. The van der Waals surface area contributed by atoms with E-state index in [1.165, 1.54) is 16.7 Å². The van der Waals surface area contributed by atoms with Crippen molar-refractivity contribution in [3.63, 3.8) is 0 Å². The molecular formula is C22H15ClFN3O2. The predicted octanol–water partition coefficient (Wildman–Crippen LogP) is 5.22. The van der Waals surface area contributed by atoms with Gasteiger partial charge < -0.3 is 4.42 Å². The molecule has 4 aromatic rings. The molecule has 0 atom stereocenters. The highest BCUT2D eigenvalue weighted by Gasteiger charge is 2.26. The highest BCUT2D eigenvalue weighted by molar-refractivity contribution is 6.30. The molecule has 0 bridgehead atoms. The van der Waals surface area contributed by atoms with E-state index in [0.29, 0.717) is 39.5 Å². The minimum Gasteiger partial charge on any atom is -0.434 e. The molecule has 2 aromatic carbocycles. The quantitative estimate of drug-likeness (QED) is 0.465. The van der Waals surface area contributed by atoms with Gasteiger partial charge in [-0.05, 0) is 61.4 Å². The topological polar surface area (TPSA) is 60.9 Å². The van der Waals surface area contributed by atoms with Crippen LogP contribution in [0.15, 0.2) is 70.0 Å². The molecule has 144 valence electrons. The molecular weight excluding hydrogens is 393 g/mol. The van der Waals surface area contributed by atoms with E-state index in [4.69, 9.17) is 16.0 Å². The Bertz CT molecular complexity index is 1260. The van der Waals surface area contributed by atoms with Crippen molar-refractivity contribution in [2.75, 3.05) is 0 Å². The standard InChI is InChI=1S/C22H15ClFN3O2/c23-16-3-1-2-15(12-16)21-26-20(19(29-21)14-6-8-17(24)9-7-14)27-11-10-18(13-4-5-13)25-22(27)28/h1-3,6-13H,4-5H2. The van der Waals surface area contributed by atoms with Crippen molar-refractivity contribution in [1.82, 2.24) is 14.5 Å². The Morgan fingerprint density at radius 3 is 2.52 bits per heavy atom. The molecule has 2 heterocycles. The van der Waals surface area contributed by atoms with Crippen LogP contribution in [0.1, 0.15) is 24.5 Å². The second kappa shape index (κ2) is 6.97. The Hall–Kier alpha value is -3.25. The van der Waals surface area contributed by atoms with Crippen molar-refractivity contribution in [3.05, 3.63) is 87.8 Å². The van der Waals surface area contributed by atoms with Gasteiger partial charge >= 0.3 is 5.69 Å². The maximum atomic E-state index is 13.4. The van der Waals surface area contributed by atoms with E-state index in [0.717, 1.165) is 18.5 Å². The van der Waals surface area contributed by atoms with Crippen molar-refractivity contribution in [1.29, 1.82) is 0 Å². The summed E-state index contributed by atoms with van der Waals surface area (Å²) in [5, 5.41) is 0.540. The third-order valence-electron chi connectivity index (χ3n) is 4.84. The monoisotopic (exact) mass is 407 g/mol. The summed E-state index contributed by atoms with van der Waals surface area (Å²) in [6.45, 7) is 0. The zero-order valence-electron chi connectivity index (χ0n) is 15.2. The average molecular weight is 408 g/mol. The van der Waals surface area contributed by atoms with E-state index in [9.17, 15) is 9.18 Å². The summed E-state index contributed by atoms with van der Waals surface area (Å²) in [5.41, 5.74) is 1.64. The van der Waals surface area contributed by atoms with E-state index >= 15 is 0 Å². The van der Waals surface area contributed by atoms with Gasteiger partial charge in [-0.3, -0.25) is 0 Å². The van der Waals surface area contributed by atoms with Gasteiger partial charge in [0.2, 0.25) is 5.89 Å². The molecule has 0 spiro atoms. The number of hydrogen-bond donors (Lipinski definition) is 0. The molecule has 29 heavy (non-hydrogen) atoms. The van der Waals surface area contributed by atoms with E-state index < -0.39 is 5.69 Å². The molecule has 5 nitrogen and oxygen atoms in total. The third-order valence-corrected chi connectivity index (χ3v) is 5.07. The normalized spacial score (nSPS) is 13.6. The lowest BCUT2D eigenvalue weighted by Crippen LogP contribution is -2.22.